The van der Waals surface area contributed by atoms with Crippen molar-refractivity contribution < 1.29 is 13.5 Å². The van der Waals surface area contributed by atoms with Crippen molar-refractivity contribution >= 4 is 27.1 Å². The minimum Gasteiger partial charge on any atom is -0.390 e. The molecule has 1 saturated heterocycles. The molecule has 0 spiro atoms. The number of rotatable bonds is 2. The molecule has 2 unspecified atom stereocenters. The molecule has 2 rings (SSSR count). The van der Waals surface area contributed by atoms with Crippen LogP contribution in [0.2, 0.25) is 5.02 Å². The number of anilines is 1. The third-order valence-electron chi connectivity index (χ3n) is 2.79. The van der Waals surface area contributed by atoms with Crippen LogP contribution >= 0.6 is 11.6 Å². The molecule has 2 atom stereocenters. The molecule has 94 valence electrons. The maximum atomic E-state index is 11.3. The fraction of sp³-hybridized carbons (Fsp3) is 0.455. The quantitative estimate of drug-likeness (QED) is 0.852. The molecule has 1 aromatic rings. The Morgan fingerprint density at radius 3 is 2.65 bits per heavy atom. The Labute approximate surface area is 106 Å². The van der Waals surface area contributed by atoms with E-state index in [0.717, 1.165) is 5.56 Å². The Kier molecular flexibility index (Phi) is 3.34. The second-order valence-corrected chi connectivity index (χ2v) is 6.94. The van der Waals surface area contributed by atoms with Crippen LogP contribution in [0.3, 0.4) is 0 Å². The Morgan fingerprint density at radius 1 is 1.41 bits per heavy atom. The second-order valence-electron chi connectivity index (χ2n) is 4.38. The van der Waals surface area contributed by atoms with E-state index < -0.39 is 22.0 Å². The summed E-state index contributed by atoms with van der Waals surface area (Å²) in [5.41, 5.74) is 1.68. The lowest BCUT2D eigenvalue weighted by molar-refractivity contribution is 0.190. The van der Waals surface area contributed by atoms with E-state index >= 15 is 0 Å². The van der Waals surface area contributed by atoms with Crippen molar-refractivity contribution in [3.05, 3.63) is 28.8 Å². The third-order valence-corrected chi connectivity index (χ3v) is 4.82. The van der Waals surface area contributed by atoms with E-state index in [1.54, 1.807) is 12.1 Å². The fourth-order valence-corrected chi connectivity index (χ4v) is 3.93. The largest absolute Gasteiger partial charge is 0.390 e. The van der Waals surface area contributed by atoms with E-state index in [4.69, 9.17) is 11.6 Å². The standard InChI is InChI=1S/C11H14ClNO3S/c1-7-2-3-9(8(12)4-7)13-10-5-17(15,16)6-11(10)14/h2-4,10-11,13-14H,5-6H2,1H3. The van der Waals surface area contributed by atoms with Crippen LogP contribution < -0.4 is 5.32 Å². The highest BCUT2D eigenvalue weighted by molar-refractivity contribution is 7.91. The molecule has 0 saturated carbocycles. The highest BCUT2D eigenvalue weighted by Gasteiger charge is 2.36. The number of hydrogen-bond donors (Lipinski definition) is 2. The van der Waals surface area contributed by atoms with Crippen LogP contribution in [0.15, 0.2) is 18.2 Å². The first kappa shape index (κ1) is 12.7. The van der Waals surface area contributed by atoms with Gasteiger partial charge in [0.15, 0.2) is 9.84 Å². The Hall–Kier alpha value is -0.780. The Balaban J connectivity index is 2.17. The second kappa shape index (κ2) is 4.48. The maximum Gasteiger partial charge on any atom is 0.155 e. The van der Waals surface area contributed by atoms with Crippen LogP contribution in [0.1, 0.15) is 5.56 Å². The molecule has 0 amide bonds. The van der Waals surface area contributed by atoms with Crippen LogP contribution in [0.25, 0.3) is 0 Å². The minimum absolute atomic E-state index is 0.0572. The summed E-state index contributed by atoms with van der Waals surface area (Å²) < 4.78 is 22.7. The molecule has 1 heterocycles. The van der Waals surface area contributed by atoms with Gasteiger partial charge in [-0.15, -0.1) is 0 Å². The van der Waals surface area contributed by atoms with Crippen molar-refractivity contribution in [2.75, 3.05) is 16.8 Å². The first-order valence-electron chi connectivity index (χ1n) is 5.28. The molecular weight excluding hydrogens is 262 g/mol. The lowest BCUT2D eigenvalue weighted by Crippen LogP contribution is -2.31. The zero-order valence-corrected chi connectivity index (χ0v) is 10.9. The summed E-state index contributed by atoms with van der Waals surface area (Å²) in [6.45, 7) is 1.92. The topological polar surface area (TPSA) is 66.4 Å². The van der Waals surface area contributed by atoms with E-state index in [2.05, 4.69) is 5.32 Å². The molecule has 1 aliphatic heterocycles. The van der Waals surface area contributed by atoms with Gasteiger partial charge in [0, 0.05) is 0 Å². The number of benzene rings is 1. The number of nitrogens with one attached hydrogen (secondary N) is 1. The number of aryl methyl sites for hydroxylation is 1. The van der Waals surface area contributed by atoms with Gasteiger partial charge in [0.1, 0.15) is 0 Å². The van der Waals surface area contributed by atoms with Crippen LogP contribution in [0, 0.1) is 6.92 Å². The Morgan fingerprint density at radius 2 is 2.12 bits per heavy atom. The van der Waals surface area contributed by atoms with Crippen molar-refractivity contribution in [2.24, 2.45) is 0 Å². The number of sulfone groups is 1. The van der Waals surface area contributed by atoms with E-state index in [-0.39, 0.29) is 11.5 Å². The predicted octanol–water partition coefficient (Wildman–Crippen LogP) is 1.22. The molecule has 0 aliphatic carbocycles. The van der Waals surface area contributed by atoms with Gasteiger partial charge in [-0.05, 0) is 24.6 Å². The number of hydrogen-bond acceptors (Lipinski definition) is 4. The van der Waals surface area contributed by atoms with E-state index in [0.29, 0.717) is 10.7 Å². The number of halogens is 1. The van der Waals surface area contributed by atoms with Crippen molar-refractivity contribution in [2.45, 2.75) is 19.1 Å². The third kappa shape index (κ3) is 2.91. The van der Waals surface area contributed by atoms with Crippen LogP contribution in [-0.2, 0) is 9.84 Å². The molecular formula is C11H14ClNO3S. The molecule has 4 nitrogen and oxygen atoms in total. The summed E-state index contributed by atoms with van der Waals surface area (Å²) in [5.74, 6) is -0.244. The molecule has 17 heavy (non-hydrogen) atoms. The van der Waals surface area contributed by atoms with E-state index in [9.17, 15) is 13.5 Å². The first-order chi connectivity index (χ1) is 7.87. The van der Waals surface area contributed by atoms with Crippen LogP contribution in [0.5, 0.6) is 0 Å². The predicted molar refractivity (Wildman–Crippen MR) is 68.3 cm³/mol. The van der Waals surface area contributed by atoms with Crippen molar-refractivity contribution in [3.8, 4) is 0 Å². The molecule has 0 aromatic heterocycles. The van der Waals surface area contributed by atoms with Gasteiger partial charge in [-0.25, -0.2) is 8.42 Å². The van der Waals surface area contributed by atoms with Gasteiger partial charge < -0.3 is 10.4 Å². The molecule has 2 N–H and O–H groups in total. The zero-order valence-electron chi connectivity index (χ0n) is 9.35. The van der Waals surface area contributed by atoms with Crippen molar-refractivity contribution in [3.63, 3.8) is 0 Å². The molecule has 0 bridgehead atoms. The van der Waals surface area contributed by atoms with E-state index in [1.165, 1.54) is 0 Å². The summed E-state index contributed by atoms with van der Waals surface area (Å²) in [6.07, 6.45) is -0.877. The first-order valence-corrected chi connectivity index (χ1v) is 7.48. The SMILES string of the molecule is Cc1ccc(NC2CS(=O)(=O)CC2O)c(Cl)c1. The van der Waals surface area contributed by atoms with Crippen LogP contribution in [-0.4, -0.2) is 37.2 Å². The lowest BCUT2D eigenvalue weighted by atomic mass is 10.2. The molecule has 0 radical (unpaired) electrons. The Bertz CT molecular complexity index is 530. The number of aliphatic hydroxyl groups excluding tert-OH is 1. The molecule has 1 fully saturated rings. The average molecular weight is 276 g/mol. The normalized spacial score (nSPS) is 27.0. The van der Waals surface area contributed by atoms with Crippen LogP contribution in [0.4, 0.5) is 5.69 Å². The zero-order chi connectivity index (χ0) is 12.6. The van der Waals surface area contributed by atoms with Crippen molar-refractivity contribution in [1.82, 2.24) is 0 Å². The summed E-state index contributed by atoms with van der Waals surface area (Å²) >= 11 is 6.03. The van der Waals surface area contributed by atoms with Crippen molar-refractivity contribution in [1.29, 1.82) is 0 Å². The van der Waals surface area contributed by atoms with E-state index in [1.807, 2.05) is 13.0 Å². The van der Waals surface area contributed by atoms with Gasteiger partial charge >= 0.3 is 0 Å². The highest BCUT2D eigenvalue weighted by atomic mass is 35.5. The molecule has 1 aromatic carbocycles. The van der Waals surface area contributed by atoms with Gasteiger partial charge in [-0.1, -0.05) is 17.7 Å². The molecule has 1 aliphatic rings. The summed E-state index contributed by atoms with van der Waals surface area (Å²) in [7, 11) is -3.14. The maximum absolute atomic E-state index is 11.3. The van der Waals surface area contributed by atoms with Gasteiger partial charge in [0.05, 0.1) is 34.4 Å². The summed E-state index contributed by atoms with van der Waals surface area (Å²) in [4.78, 5) is 0. The van der Waals surface area contributed by atoms with Gasteiger partial charge in [-0.2, -0.15) is 0 Å². The molecule has 6 heteroatoms. The monoisotopic (exact) mass is 275 g/mol. The smallest absolute Gasteiger partial charge is 0.155 e. The summed E-state index contributed by atoms with van der Waals surface area (Å²) in [6, 6.07) is 4.97. The lowest BCUT2D eigenvalue weighted by Gasteiger charge is -2.17. The van der Waals surface area contributed by atoms with Gasteiger partial charge in [0.25, 0.3) is 0 Å². The summed E-state index contributed by atoms with van der Waals surface area (Å²) in [5, 5.41) is 13.2. The fourth-order valence-electron chi connectivity index (χ4n) is 1.90. The number of aliphatic hydroxyl groups is 1. The minimum atomic E-state index is -3.14. The average Bonchev–Trinajstić information content (AvgIpc) is 2.44. The highest BCUT2D eigenvalue weighted by Crippen LogP contribution is 2.25. The van der Waals surface area contributed by atoms with Gasteiger partial charge in [0.2, 0.25) is 0 Å². The van der Waals surface area contributed by atoms with Gasteiger partial charge in [-0.3, -0.25) is 0 Å².